The molecule has 1 amide bonds. The average Bonchev–Trinajstić information content (AvgIpc) is 2.40. The number of carbonyl (C=O) groups excluding carboxylic acids is 1. The van der Waals surface area contributed by atoms with Crippen LogP contribution in [-0.4, -0.2) is 10.9 Å². The highest BCUT2D eigenvalue weighted by atomic mass is 16.6. The van der Waals surface area contributed by atoms with Crippen molar-refractivity contribution in [3.05, 3.63) is 59.9 Å². The molecule has 0 bridgehead atoms. The van der Waals surface area contributed by atoms with Crippen molar-refractivity contribution in [2.45, 2.75) is 6.61 Å². The minimum absolute atomic E-state index is 0.261. The van der Waals surface area contributed by atoms with E-state index < -0.39 is 5.91 Å². The number of amides is 1. The van der Waals surface area contributed by atoms with Gasteiger partial charge in [-0.3, -0.25) is 9.63 Å². The number of nitrogens with one attached hydrogen (secondary N) is 1. The molecule has 0 saturated carbocycles. The average molecular weight is 243 g/mol. The number of nitrogen functional groups attached to an aromatic ring is 1. The Kier molecular flexibility index (Phi) is 3.88. The van der Waals surface area contributed by atoms with Crippen molar-refractivity contribution in [3.63, 3.8) is 0 Å². The van der Waals surface area contributed by atoms with E-state index in [0.717, 1.165) is 5.56 Å². The molecule has 1 aromatic carbocycles. The topological polar surface area (TPSA) is 77.2 Å². The monoisotopic (exact) mass is 243 g/mol. The number of nitrogens with two attached hydrogens (primary N) is 1. The zero-order chi connectivity index (χ0) is 12.8. The Balaban J connectivity index is 1.84. The second-order valence-electron chi connectivity index (χ2n) is 3.68. The Morgan fingerprint density at radius 1 is 1.22 bits per heavy atom. The van der Waals surface area contributed by atoms with Gasteiger partial charge in [-0.2, -0.15) is 0 Å². The summed E-state index contributed by atoms with van der Waals surface area (Å²) in [6.45, 7) is 0.307. The third-order valence-electron chi connectivity index (χ3n) is 2.27. The fourth-order valence-corrected chi connectivity index (χ4v) is 1.35. The van der Waals surface area contributed by atoms with Gasteiger partial charge in [0, 0.05) is 0 Å². The van der Waals surface area contributed by atoms with Gasteiger partial charge in [-0.15, -0.1) is 0 Å². The number of anilines is 1. The predicted octanol–water partition coefficient (Wildman–Crippen LogP) is 1.53. The van der Waals surface area contributed by atoms with Gasteiger partial charge in [0.05, 0.1) is 18.5 Å². The molecule has 0 saturated heterocycles. The van der Waals surface area contributed by atoms with Crippen LogP contribution in [0.3, 0.4) is 0 Å². The van der Waals surface area contributed by atoms with Crippen molar-refractivity contribution in [3.8, 4) is 0 Å². The van der Waals surface area contributed by atoms with Crippen LogP contribution in [-0.2, 0) is 11.4 Å². The summed E-state index contributed by atoms with van der Waals surface area (Å²) in [6, 6.07) is 12.7. The Morgan fingerprint density at radius 3 is 2.67 bits per heavy atom. The Labute approximate surface area is 105 Å². The molecule has 0 spiro atoms. The molecule has 0 aliphatic rings. The third-order valence-corrected chi connectivity index (χ3v) is 2.27. The maximum absolute atomic E-state index is 11.6. The van der Waals surface area contributed by atoms with E-state index in [1.165, 1.54) is 12.3 Å². The van der Waals surface area contributed by atoms with Gasteiger partial charge in [0.25, 0.3) is 5.91 Å². The molecule has 2 rings (SSSR count). The molecule has 3 N–H and O–H groups in total. The van der Waals surface area contributed by atoms with Gasteiger partial charge in [0.2, 0.25) is 0 Å². The first-order valence-electron chi connectivity index (χ1n) is 5.43. The molecular formula is C13H13N3O2. The van der Waals surface area contributed by atoms with E-state index in [1.54, 1.807) is 6.07 Å². The SMILES string of the molecule is Nc1ccc(C(=O)NOCc2ccccc2)nc1. The second-order valence-corrected chi connectivity index (χ2v) is 3.68. The number of carbonyl (C=O) groups is 1. The minimum atomic E-state index is -0.397. The molecule has 0 unspecified atom stereocenters. The maximum atomic E-state index is 11.6. The Bertz CT molecular complexity index is 512. The fraction of sp³-hybridized carbons (Fsp3) is 0.0769. The van der Waals surface area contributed by atoms with E-state index in [-0.39, 0.29) is 5.69 Å². The van der Waals surface area contributed by atoms with Crippen molar-refractivity contribution < 1.29 is 9.63 Å². The standard InChI is InChI=1S/C13H13N3O2/c14-11-6-7-12(15-8-11)13(17)16-18-9-10-4-2-1-3-5-10/h1-8H,9,14H2,(H,16,17). The quantitative estimate of drug-likeness (QED) is 0.798. The molecule has 92 valence electrons. The normalized spacial score (nSPS) is 10.0. The van der Waals surface area contributed by atoms with Crippen LogP contribution < -0.4 is 11.2 Å². The summed E-state index contributed by atoms with van der Waals surface area (Å²) < 4.78 is 0. The molecule has 1 aromatic heterocycles. The molecule has 1 heterocycles. The number of aromatic nitrogens is 1. The van der Waals surface area contributed by atoms with Crippen molar-refractivity contribution in [2.24, 2.45) is 0 Å². The van der Waals surface area contributed by atoms with Gasteiger partial charge < -0.3 is 5.73 Å². The van der Waals surface area contributed by atoms with Crippen molar-refractivity contribution in [1.29, 1.82) is 0 Å². The van der Waals surface area contributed by atoms with E-state index in [0.29, 0.717) is 12.3 Å². The second kappa shape index (κ2) is 5.79. The highest BCUT2D eigenvalue weighted by molar-refractivity contribution is 5.91. The summed E-state index contributed by atoms with van der Waals surface area (Å²) in [5, 5.41) is 0. The number of rotatable bonds is 4. The number of pyridine rings is 1. The highest BCUT2D eigenvalue weighted by Gasteiger charge is 2.06. The van der Waals surface area contributed by atoms with Crippen molar-refractivity contribution in [2.75, 3.05) is 5.73 Å². The first-order chi connectivity index (χ1) is 8.75. The van der Waals surface area contributed by atoms with Crippen LogP contribution in [0.5, 0.6) is 0 Å². The van der Waals surface area contributed by atoms with E-state index >= 15 is 0 Å². The summed E-state index contributed by atoms with van der Waals surface area (Å²) in [7, 11) is 0. The van der Waals surface area contributed by atoms with Gasteiger partial charge in [-0.1, -0.05) is 30.3 Å². The molecular weight excluding hydrogens is 230 g/mol. The molecule has 2 aromatic rings. The molecule has 5 heteroatoms. The van der Waals surface area contributed by atoms with Crippen LogP contribution in [0, 0.1) is 0 Å². The molecule has 0 aliphatic carbocycles. The lowest BCUT2D eigenvalue weighted by Gasteiger charge is -2.05. The molecule has 0 radical (unpaired) electrons. The third kappa shape index (κ3) is 3.29. The van der Waals surface area contributed by atoms with Crippen LogP contribution in [0.4, 0.5) is 5.69 Å². The lowest BCUT2D eigenvalue weighted by atomic mass is 10.2. The number of hydroxylamine groups is 1. The zero-order valence-electron chi connectivity index (χ0n) is 9.67. The van der Waals surface area contributed by atoms with Gasteiger partial charge in [-0.05, 0) is 17.7 Å². The predicted molar refractivity (Wildman–Crippen MR) is 67.3 cm³/mol. The van der Waals surface area contributed by atoms with Gasteiger partial charge >= 0.3 is 0 Å². The number of hydrogen-bond acceptors (Lipinski definition) is 4. The van der Waals surface area contributed by atoms with Crippen LogP contribution in [0.15, 0.2) is 48.7 Å². The summed E-state index contributed by atoms with van der Waals surface area (Å²) in [4.78, 5) is 20.6. The first-order valence-corrected chi connectivity index (χ1v) is 5.43. The van der Waals surface area contributed by atoms with E-state index in [2.05, 4.69) is 10.5 Å². The molecule has 0 aliphatic heterocycles. The number of benzene rings is 1. The summed E-state index contributed by atoms with van der Waals surface area (Å²) in [5.41, 5.74) is 9.55. The van der Waals surface area contributed by atoms with E-state index in [4.69, 9.17) is 10.6 Å². The minimum Gasteiger partial charge on any atom is -0.397 e. The maximum Gasteiger partial charge on any atom is 0.293 e. The van der Waals surface area contributed by atoms with Crippen molar-refractivity contribution >= 4 is 11.6 Å². The summed E-state index contributed by atoms with van der Waals surface area (Å²) >= 11 is 0. The molecule has 0 atom stereocenters. The molecule has 0 fully saturated rings. The molecule has 18 heavy (non-hydrogen) atoms. The van der Waals surface area contributed by atoms with Crippen molar-refractivity contribution in [1.82, 2.24) is 10.5 Å². The lowest BCUT2D eigenvalue weighted by molar-refractivity contribution is 0.0229. The van der Waals surface area contributed by atoms with E-state index in [1.807, 2.05) is 30.3 Å². The van der Waals surface area contributed by atoms with Crippen LogP contribution in [0.2, 0.25) is 0 Å². The van der Waals surface area contributed by atoms with Crippen LogP contribution in [0.25, 0.3) is 0 Å². The van der Waals surface area contributed by atoms with Gasteiger partial charge in [-0.25, -0.2) is 10.5 Å². The highest BCUT2D eigenvalue weighted by Crippen LogP contribution is 2.02. The first kappa shape index (κ1) is 12.1. The zero-order valence-corrected chi connectivity index (χ0v) is 9.67. The van der Waals surface area contributed by atoms with Gasteiger partial charge in [0.15, 0.2) is 0 Å². The van der Waals surface area contributed by atoms with Crippen LogP contribution in [0.1, 0.15) is 16.1 Å². The Hall–Kier alpha value is -2.40. The number of nitrogens with zero attached hydrogens (tertiary/aromatic N) is 1. The van der Waals surface area contributed by atoms with Crippen LogP contribution >= 0.6 is 0 Å². The van der Waals surface area contributed by atoms with E-state index in [9.17, 15) is 4.79 Å². The largest absolute Gasteiger partial charge is 0.397 e. The van der Waals surface area contributed by atoms with Gasteiger partial charge in [0.1, 0.15) is 5.69 Å². The molecule has 5 nitrogen and oxygen atoms in total. The lowest BCUT2D eigenvalue weighted by Crippen LogP contribution is -2.24. The number of hydrogen-bond donors (Lipinski definition) is 2. The fourth-order valence-electron chi connectivity index (χ4n) is 1.35. The smallest absolute Gasteiger partial charge is 0.293 e. The summed E-state index contributed by atoms with van der Waals surface area (Å²) in [5.74, 6) is -0.397. The Morgan fingerprint density at radius 2 is 2.00 bits per heavy atom. The summed E-state index contributed by atoms with van der Waals surface area (Å²) in [6.07, 6.45) is 1.42.